The van der Waals surface area contributed by atoms with Gasteiger partial charge in [-0.2, -0.15) is 0 Å². The molecule has 36 heavy (non-hydrogen) atoms. The summed E-state index contributed by atoms with van der Waals surface area (Å²) in [6.07, 6.45) is 0.615. The van der Waals surface area contributed by atoms with Crippen molar-refractivity contribution in [1.82, 2.24) is 4.98 Å². The highest BCUT2D eigenvalue weighted by molar-refractivity contribution is 7.93. The number of hydrogen-bond donors (Lipinski definition) is 1. The molecule has 184 valence electrons. The van der Waals surface area contributed by atoms with E-state index in [0.717, 1.165) is 10.5 Å². The maximum absolute atomic E-state index is 14.6. The molecule has 0 fully saturated rings. The van der Waals surface area contributed by atoms with Crippen LogP contribution in [-0.2, 0) is 24.1 Å². The molecule has 8 heteroatoms. The lowest BCUT2D eigenvalue weighted by Crippen LogP contribution is -2.49. The third-order valence-corrected chi connectivity index (χ3v) is 8.62. The zero-order valence-corrected chi connectivity index (χ0v) is 21.2. The molecule has 4 aromatic rings. The van der Waals surface area contributed by atoms with Gasteiger partial charge in [0, 0.05) is 28.2 Å². The van der Waals surface area contributed by atoms with Crippen molar-refractivity contribution in [3.63, 3.8) is 0 Å². The molecule has 2 heterocycles. The summed E-state index contributed by atoms with van der Waals surface area (Å²) in [5, 5.41) is 0.572. The van der Waals surface area contributed by atoms with Crippen LogP contribution in [0.5, 0.6) is 0 Å². The predicted molar refractivity (Wildman–Crippen MR) is 138 cm³/mol. The van der Waals surface area contributed by atoms with Gasteiger partial charge in [0.05, 0.1) is 10.6 Å². The Bertz CT molecular complexity index is 1610. The monoisotopic (exact) mass is 502 g/mol. The van der Waals surface area contributed by atoms with Gasteiger partial charge in [0.1, 0.15) is 5.60 Å². The predicted octanol–water partition coefficient (Wildman–Crippen LogP) is 5.48. The van der Waals surface area contributed by atoms with Crippen LogP contribution in [0.1, 0.15) is 37.5 Å². The number of para-hydroxylation sites is 2. The Balaban J connectivity index is 1.88. The van der Waals surface area contributed by atoms with Crippen molar-refractivity contribution >= 4 is 38.4 Å². The van der Waals surface area contributed by atoms with Crippen molar-refractivity contribution in [2.45, 2.75) is 42.9 Å². The van der Waals surface area contributed by atoms with Crippen molar-refractivity contribution in [3.05, 3.63) is 95.7 Å². The van der Waals surface area contributed by atoms with E-state index < -0.39 is 32.2 Å². The number of aryl methyl sites for hydroxylation is 1. The highest BCUT2D eigenvalue weighted by Crippen LogP contribution is 2.53. The van der Waals surface area contributed by atoms with Crippen LogP contribution < -0.4 is 4.90 Å². The highest BCUT2D eigenvalue weighted by Gasteiger charge is 2.64. The molecule has 0 aliphatic carbocycles. The number of benzene rings is 3. The number of nitrogens with zero attached hydrogens (tertiary/aromatic N) is 1. The molecule has 1 atom stereocenters. The average molecular weight is 503 g/mol. The molecule has 1 aromatic heterocycles. The fourth-order valence-electron chi connectivity index (χ4n) is 4.76. The molecule has 5 rings (SSSR count). The molecule has 1 aliphatic rings. The van der Waals surface area contributed by atoms with E-state index in [-0.39, 0.29) is 21.7 Å². The van der Waals surface area contributed by atoms with Gasteiger partial charge in [-0.3, -0.25) is 4.79 Å². The topological polar surface area (TPSA) is 96.5 Å². The molecule has 7 nitrogen and oxygen atoms in total. The zero-order valence-electron chi connectivity index (χ0n) is 20.4. The molecule has 0 bridgehead atoms. The van der Waals surface area contributed by atoms with E-state index >= 15 is 0 Å². The number of H-pyrrole nitrogens is 1. The lowest BCUT2D eigenvalue weighted by Gasteiger charge is -2.29. The number of anilines is 1. The fourth-order valence-corrected chi connectivity index (χ4v) is 6.85. The number of hydrogen-bond acceptors (Lipinski definition) is 5. The first-order valence-electron chi connectivity index (χ1n) is 11.5. The number of ether oxygens (including phenoxy) is 1. The van der Waals surface area contributed by atoms with Crippen LogP contribution in [-0.4, -0.2) is 31.0 Å². The quantitative estimate of drug-likeness (QED) is 0.400. The maximum Gasteiger partial charge on any atom is 0.421 e. The van der Waals surface area contributed by atoms with Crippen LogP contribution >= 0.6 is 0 Å². The summed E-state index contributed by atoms with van der Waals surface area (Å²) in [6.45, 7) is 6.92. The van der Waals surface area contributed by atoms with Crippen LogP contribution in [0.2, 0.25) is 0 Å². The summed E-state index contributed by atoms with van der Waals surface area (Å²) in [6, 6.07) is 20.0. The molecule has 3 aromatic carbocycles. The van der Waals surface area contributed by atoms with E-state index in [4.69, 9.17) is 4.74 Å². The molecule has 0 saturated carbocycles. The van der Waals surface area contributed by atoms with Gasteiger partial charge in [0.2, 0.25) is 14.6 Å². The Hall–Kier alpha value is -3.91. The second kappa shape index (κ2) is 8.06. The van der Waals surface area contributed by atoms with Crippen LogP contribution in [0.4, 0.5) is 10.5 Å². The Morgan fingerprint density at radius 1 is 0.917 bits per heavy atom. The third-order valence-electron chi connectivity index (χ3n) is 6.31. The summed E-state index contributed by atoms with van der Waals surface area (Å²) < 4.78 is 32.6. The lowest BCUT2D eigenvalue weighted by atomic mass is 9.91. The number of carbonyl (C=O) groups excluding carboxylic acids is 2. The van der Waals surface area contributed by atoms with Gasteiger partial charge in [-0.15, -0.1) is 0 Å². The molecule has 0 spiro atoms. The molecular formula is C28H26N2O5S. The number of fused-ring (bicyclic) bond motifs is 2. The highest BCUT2D eigenvalue weighted by atomic mass is 32.2. The SMILES string of the molecule is Cc1ccc(S(=O)(=O)C2(c3c[nH]c4ccccc34)C(=O)N(C(=O)OC(C)(C)C)c3ccccc32)cc1. The van der Waals surface area contributed by atoms with Crippen molar-refractivity contribution in [2.24, 2.45) is 0 Å². The summed E-state index contributed by atoms with van der Waals surface area (Å²) >= 11 is 0. The minimum absolute atomic E-state index is 0.0208. The Morgan fingerprint density at radius 3 is 2.25 bits per heavy atom. The van der Waals surface area contributed by atoms with E-state index in [9.17, 15) is 18.0 Å². The van der Waals surface area contributed by atoms with Crippen molar-refractivity contribution in [1.29, 1.82) is 0 Å². The van der Waals surface area contributed by atoms with Gasteiger partial charge in [-0.1, -0.05) is 54.1 Å². The average Bonchev–Trinajstić information content (AvgIpc) is 3.35. The molecule has 1 aliphatic heterocycles. The van der Waals surface area contributed by atoms with Crippen molar-refractivity contribution in [3.8, 4) is 0 Å². The number of sulfone groups is 1. The summed E-state index contributed by atoms with van der Waals surface area (Å²) in [7, 11) is -4.42. The normalized spacial score (nSPS) is 17.9. The third kappa shape index (κ3) is 3.36. The van der Waals surface area contributed by atoms with Gasteiger partial charge in [0.25, 0.3) is 5.91 Å². The van der Waals surface area contributed by atoms with Gasteiger partial charge < -0.3 is 9.72 Å². The summed E-state index contributed by atoms with van der Waals surface area (Å²) in [4.78, 5) is 31.8. The van der Waals surface area contributed by atoms with E-state index in [1.54, 1.807) is 75.5 Å². The lowest BCUT2D eigenvalue weighted by molar-refractivity contribution is -0.119. The molecule has 1 unspecified atom stereocenters. The van der Waals surface area contributed by atoms with Gasteiger partial charge in [0.15, 0.2) is 0 Å². The maximum atomic E-state index is 14.6. The second-order valence-corrected chi connectivity index (χ2v) is 12.0. The number of imide groups is 1. The Labute approximate surface area is 209 Å². The Morgan fingerprint density at radius 2 is 1.56 bits per heavy atom. The standard InChI is InChI=1S/C28H26N2O5S/c1-18-13-15-19(16-14-18)36(33,34)28(22-17-29-23-11-7-5-9-20(22)23)21-10-6-8-12-24(21)30(25(28)31)26(32)35-27(2,3)4/h5-17,29H,1-4H3. The number of aromatic amines is 1. The van der Waals surface area contributed by atoms with Crippen molar-refractivity contribution in [2.75, 3.05) is 4.90 Å². The smallest absolute Gasteiger partial charge is 0.421 e. The molecule has 0 radical (unpaired) electrons. The fraction of sp³-hybridized carbons (Fsp3) is 0.214. The van der Waals surface area contributed by atoms with E-state index in [0.29, 0.717) is 10.9 Å². The van der Waals surface area contributed by atoms with Crippen LogP contribution in [0, 0.1) is 6.92 Å². The number of rotatable bonds is 3. The van der Waals surface area contributed by atoms with E-state index in [1.807, 2.05) is 19.1 Å². The minimum Gasteiger partial charge on any atom is -0.443 e. The number of nitrogens with one attached hydrogen (secondary N) is 1. The first-order chi connectivity index (χ1) is 17.0. The Kier molecular flexibility index (Phi) is 5.33. The number of carbonyl (C=O) groups is 2. The molecule has 2 amide bonds. The molecular weight excluding hydrogens is 476 g/mol. The van der Waals surface area contributed by atoms with Crippen molar-refractivity contribution < 1.29 is 22.7 Å². The van der Waals surface area contributed by atoms with Crippen LogP contribution in [0.3, 0.4) is 0 Å². The summed E-state index contributed by atoms with van der Waals surface area (Å²) in [5.41, 5.74) is 1.29. The molecule has 0 saturated heterocycles. The largest absolute Gasteiger partial charge is 0.443 e. The first kappa shape index (κ1) is 23.8. The van der Waals surface area contributed by atoms with E-state index in [1.165, 1.54) is 12.1 Å². The first-order valence-corrected chi connectivity index (χ1v) is 13.0. The number of aromatic nitrogens is 1. The van der Waals surface area contributed by atoms with E-state index in [2.05, 4.69) is 4.98 Å². The molecule has 1 N–H and O–H groups in total. The summed E-state index contributed by atoms with van der Waals surface area (Å²) in [5.74, 6) is -0.900. The minimum atomic E-state index is -4.42. The second-order valence-electron chi connectivity index (χ2n) is 9.88. The van der Waals surface area contributed by atoms with Crippen LogP contribution in [0.25, 0.3) is 10.9 Å². The number of amides is 2. The van der Waals surface area contributed by atoms with Gasteiger partial charge in [-0.05, 0) is 52.0 Å². The zero-order chi connectivity index (χ0) is 25.9. The van der Waals surface area contributed by atoms with Gasteiger partial charge in [-0.25, -0.2) is 18.1 Å². The van der Waals surface area contributed by atoms with Crippen LogP contribution in [0.15, 0.2) is 83.9 Å². The van der Waals surface area contributed by atoms with Gasteiger partial charge >= 0.3 is 6.09 Å².